The van der Waals surface area contributed by atoms with Crippen LogP contribution in [0.15, 0.2) is 0 Å². The van der Waals surface area contributed by atoms with Crippen LogP contribution in [0.2, 0.25) is 0 Å². The minimum atomic E-state index is -1.82. The Morgan fingerprint density at radius 1 is 1.10 bits per heavy atom. The molecule has 8 heteroatoms. The molecule has 0 fully saturated rings. The van der Waals surface area contributed by atoms with Crippen molar-refractivity contribution in [2.75, 3.05) is 18.6 Å². The van der Waals surface area contributed by atoms with Crippen LogP contribution in [-0.4, -0.2) is 57.8 Å². The van der Waals surface area contributed by atoms with E-state index in [2.05, 4.69) is 12.2 Å². The second-order valence-electron chi connectivity index (χ2n) is 3.94. The maximum atomic E-state index is 10.8. The van der Waals surface area contributed by atoms with Crippen molar-refractivity contribution in [2.24, 2.45) is 0 Å². The quantitative estimate of drug-likeness (QED) is 0.369. The predicted molar refractivity (Wildman–Crippen MR) is 77.2 cm³/mol. The van der Waals surface area contributed by atoms with Crippen LogP contribution in [0.1, 0.15) is 32.6 Å². The molecule has 0 amide bonds. The molecule has 0 aromatic heterocycles. The van der Waals surface area contributed by atoms with Gasteiger partial charge < -0.3 is 20.6 Å². The number of carbonyl (C=O) groups is 3. The summed E-state index contributed by atoms with van der Waals surface area (Å²) in [5.41, 5.74) is 0. The molecule has 20 heavy (non-hydrogen) atoms. The summed E-state index contributed by atoms with van der Waals surface area (Å²) in [7, 11) is 0. The highest BCUT2D eigenvalue weighted by atomic mass is 32.2. The van der Waals surface area contributed by atoms with Crippen molar-refractivity contribution in [1.82, 2.24) is 5.32 Å². The number of unbranched alkanes of at least 4 members (excludes halogenated alkanes) is 2. The summed E-state index contributed by atoms with van der Waals surface area (Å²) >= 11 is 1.69. The summed E-state index contributed by atoms with van der Waals surface area (Å²) < 4.78 is 0. The molecule has 0 aromatic carbocycles. The van der Waals surface area contributed by atoms with Gasteiger partial charge in [-0.15, -0.1) is 0 Å². The normalized spacial score (nSPS) is 11.1. The molecule has 0 spiro atoms. The number of nitrogens with one attached hydrogen (secondary N) is 1. The summed E-state index contributed by atoms with van der Waals surface area (Å²) in [6.45, 7) is 2.96. The lowest BCUT2D eigenvalue weighted by atomic mass is 10.2. The van der Waals surface area contributed by atoms with Crippen LogP contribution in [0.4, 0.5) is 0 Å². The highest BCUT2D eigenvalue weighted by molar-refractivity contribution is 7.98. The van der Waals surface area contributed by atoms with Gasteiger partial charge in [0.25, 0.3) is 0 Å². The van der Waals surface area contributed by atoms with Crippen LogP contribution in [0.3, 0.4) is 0 Å². The van der Waals surface area contributed by atoms with Crippen molar-refractivity contribution < 1.29 is 29.7 Å². The van der Waals surface area contributed by atoms with Gasteiger partial charge in [0.15, 0.2) is 0 Å². The molecule has 0 aliphatic carbocycles. The number of carboxylic acids is 3. The molecule has 1 atom stereocenters. The van der Waals surface area contributed by atoms with Gasteiger partial charge in [-0.2, -0.15) is 11.8 Å². The van der Waals surface area contributed by atoms with E-state index in [1.807, 2.05) is 6.26 Å². The van der Waals surface area contributed by atoms with E-state index < -0.39 is 17.9 Å². The summed E-state index contributed by atoms with van der Waals surface area (Å²) in [6.07, 6.45) is 6.12. The molecule has 0 heterocycles. The van der Waals surface area contributed by atoms with Gasteiger partial charge in [-0.05, 0) is 31.4 Å². The molecule has 0 rings (SSSR count). The second-order valence-corrected chi connectivity index (χ2v) is 4.93. The molecule has 118 valence electrons. The lowest BCUT2D eigenvalue weighted by molar-refractivity contribution is -0.159. The van der Waals surface area contributed by atoms with Crippen LogP contribution in [-0.2, 0) is 14.4 Å². The van der Waals surface area contributed by atoms with Gasteiger partial charge in [0.05, 0.1) is 0 Å². The lowest BCUT2D eigenvalue weighted by Crippen LogP contribution is -2.37. The monoisotopic (exact) mass is 309 g/mol. The van der Waals surface area contributed by atoms with E-state index in [4.69, 9.17) is 24.9 Å². The van der Waals surface area contributed by atoms with Gasteiger partial charge in [-0.1, -0.05) is 19.8 Å². The molecule has 0 radical (unpaired) electrons. The van der Waals surface area contributed by atoms with E-state index in [1.165, 1.54) is 12.8 Å². The van der Waals surface area contributed by atoms with Crippen LogP contribution in [0.25, 0.3) is 0 Å². The summed E-state index contributed by atoms with van der Waals surface area (Å²) in [5.74, 6) is -3.47. The van der Waals surface area contributed by atoms with Gasteiger partial charge in [0.2, 0.25) is 0 Å². The number of hydrogen-bond acceptors (Lipinski definition) is 5. The Balaban J connectivity index is 0. The molecule has 1 unspecified atom stereocenters. The first kappa shape index (κ1) is 21.0. The Hall–Kier alpha value is -1.28. The predicted octanol–water partition coefficient (Wildman–Crippen LogP) is 1.13. The minimum absolute atomic E-state index is 0.362. The highest BCUT2D eigenvalue weighted by Crippen LogP contribution is 2.01. The molecule has 0 saturated carbocycles. The van der Waals surface area contributed by atoms with Crippen molar-refractivity contribution in [3.8, 4) is 0 Å². The molecular formula is C12H23NO6S. The van der Waals surface area contributed by atoms with E-state index in [-0.39, 0.29) is 6.04 Å². The fourth-order valence-electron chi connectivity index (χ4n) is 1.20. The Bertz CT molecular complexity index is 286. The van der Waals surface area contributed by atoms with Gasteiger partial charge >= 0.3 is 17.9 Å². The highest BCUT2D eigenvalue weighted by Gasteiger charge is 2.14. The number of hydrogen-bond donors (Lipinski definition) is 4. The van der Waals surface area contributed by atoms with E-state index in [9.17, 15) is 4.79 Å². The number of rotatable bonds is 9. The van der Waals surface area contributed by atoms with Crippen molar-refractivity contribution >= 4 is 29.7 Å². The Morgan fingerprint density at radius 2 is 1.65 bits per heavy atom. The van der Waals surface area contributed by atoms with Crippen LogP contribution >= 0.6 is 11.8 Å². The Kier molecular flexibility index (Phi) is 14.9. The van der Waals surface area contributed by atoms with Crippen LogP contribution in [0.5, 0.6) is 0 Å². The van der Waals surface area contributed by atoms with Gasteiger partial charge in [0.1, 0.15) is 6.04 Å². The molecule has 4 N–H and O–H groups in total. The fourth-order valence-corrected chi connectivity index (χ4v) is 1.67. The van der Waals surface area contributed by atoms with Crippen molar-refractivity contribution in [2.45, 2.75) is 38.6 Å². The van der Waals surface area contributed by atoms with Gasteiger partial charge in [0, 0.05) is 0 Å². The molecule has 0 saturated heterocycles. The molecule has 0 aromatic rings. The average molecular weight is 309 g/mol. The summed E-state index contributed by atoms with van der Waals surface area (Å²) in [5, 5.41) is 26.7. The maximum absolute atomic E-state index is 10.8. The lowest BCUT2D eigenvalue weighted by Gasteiger charge is -2.13. The first-order valence-corrected chi connectivity index (χ1v) is 7.67. The zero-order valence-electron chi connectivity index (χ0n) is 11.8. The molecule has 0 bridgehead atoms. The van der Waals surface area contributed by atoms with E-state index in [1.54, 1.807) is 11.8 Å². The molecule has 0 aliphatic rings. The van der Waals surface area contributed by atoms with E-state index in [0.717, 1.165) is 18.7 Å². The second kappa shape index (κ2) is 14.1. The Morgan fingerprint density at radius 3 is 2.00 bits per heavy atom. The van der Waals surface area contributed by atoms with Gasteiger partial charge in [-0.3, -0.25) is 4.79 Å². The first-order chi connectivity index (χ1) is 9.36. The van der Waals surface area contributed by atoms with Crippen LogP contribution < -0.4 is 5.32 Å². The SMILES string of the molecule is CCCCCNC(CCSC)C(=O)O.O=C(O)C(=O)O. The zero-order valence-corrected chi connectivity index (χ0v) is 12.6. The number of carboxylic acid groups (broad SMARTS) is 3. The van der Waals surface area contributed by atoms with E-state index in [0.29, 0.717) is 6.42 Å². The van der Waals surface area contributed by atoms with E-state index >= 15 is 0 Å². The summed E-state index contributed by atoms with van der Waals surface area (Å²) in [4.78, 5) is 29.0. The third-order valence-corrected chi connectivity index (χ3v) is 2.91. The molecular weight excluding hydrogens is 286 g/mol. The minimum Gasteiger partial charge on any atom is -0.480 e. The smallest absolute Gasteiger partial charge is 0.414 e. The van der Waals surface area contributed by atoms with Crippen LogP contribution in [0, 0.1) is 0 Å². The maximum Gasteiger partial charge on any atom is 0.414 e. The molecule has 0 aliphatic heterocycles. The third kappa shape index (κ3) is 14.8. The topological polar surface area (TPSA) is 124 Å². The zero-order chi connectivity index (χ0) is 16.0. The first-order valence-electron chi connectivity index (χ1n) is 6.28. The Labute approximate surface area is 122 Å². The van der Waals surface area contributed by atoms with Crippen molar-refractivity contribution in [3.05, 3.63) is 0 Å². The average Bonchev–Trinajstić information content (AvgIpc) is 2.38. The standard InChI is InChI=1S/C10H21NO2S.C2H2O4/c1-3-4-5-7-11-9(10(12)13)6-8-14-2;3-1(4)2(5)6/h9,11H,3-8H2,1-2H3,(H,12,13);(H,3,4)(H,5,6). The summed E-state index contributed by atoms with van der Waals surface area (Å²) in [6, 6.07) is -0.362. The van der Waals surface area contributed by atoms with Crippen molar-refractivity contribution in [1.29, 1.82) is 0 Å². The fraction of sp³-hybridized carbons (Fsp3) is 0.750. The van der Waals surface area contributed by atoms with Gasteiger partial charge in [-0.25, -0.2) is 9.59 Å². The largest absolute Gasteiger partial charge is 0.480 e. The van der Waals surface area contributed by atoms with Crippen molar-refractivity contribution in [3.63, 3.8) is 0 Å². The molecule has 7 nitrogen and oxygen atoms in total. The number of thioether (sulfide) groups is 1. The number of aliphatic carboxylic acids is 3. The third-order valence-electron chi connectivity index (χ3n) is 2.26.